The van der Waals surface area contributed by atoms with Crippen molar-refractivity contribution in [1.82, 2.24) is 29.7 Å². The molecule has 0 saturated carbocycles. The topological polar surface area (TPSA) is 145 Å². The number of ether oxygens (including phenoxy) is 3. The van der Waals surface area contributed by atoms with Gasteiger partial charge in [-0.2, -0.15) is 0 Å². The van der Waals surface area contributed by atoms with Crippen LogP contribution in [0.5, 0.6) is 11.6 Å². The van der Waals surface area contributed by atoms with Crippen LogP contribution < -0.4 is 14.8 Å². The van der Waals surface area contributed by atoms with Gasteiger partial charge in [0.05, 0.1) is 23.3 Å². The molecule has 0 spiro atoms. The predicted octanol–water partition coefficient (Wildman–Crippen LogP) is 5.69. The van der Waals surface area contributed by atoms with Gasteiger partial charge >= 0.3 is 0 Å². The second-order valence-corrected chi connectivity index (χ2v) is 14.8. The molecule has 2 aromatic carbocycles. The van der Waals surface area contributed by atoms with Crippen LogP contribution in [0.3, 0.4) is 0 Å². The molecule has 0 radical (unpaired) electrons. The van der Waals surface area contributed by atoms with Crippen molar-refractivity contribution in [3.63, 3.8) is 0 Å². The zero-order chi connectivity index (χ0) is 38.6. The van der Waals surface area contributed by atoms with Crippen molar-refractivity contribution in [2.75, 3.05) is 39.5 Å². The van der Waals surface area contributed by atoms with E-state index in [0.29, 0.717) is 18.2 Å². The minimum atomic E-state index is -0.981. The molecular formula is C43H46N6O7. The van der Waals surface area contributed by atoms with Crippen molar-refractivity contribution in [3.8, 4) is 22.8 Å². The Kier molecular flexibility index (Phi) is 11.0. The van der Waals surface area contributed by atoms with E-state index >= 15 is 0 Å². The molecule has 290 valence electrons. The van der Waals surface area contributed by atoms with Crippen LogP contribution in [0.4, 0.5) is 0 Å². The third-order valence-corrected chi connectivity index (χ3v) is 11.0. The van der Waals surface area contributed by atoms with E-state index in [9.17, 15) is 19.2 Å². The van der Waals surface area contributed by atoms with E-state index < -0.39 is 29.7 Å². The average Bonchev–Trinajstić information content (AvgIpc) is 3.62. The van der Waals surface area contributed by atoms with E-state index in [0.717, 1.165) is 92.8 Å². The summed E-state index contributed by atoms with van der Waals surface area (Å²) in [5.74, 6) is -0.904. The molecule has 56 heavy (non-hydrogen) atoms. The number of pyridine rings is 2. The van der Waals surface area contributed by atoms with Gasteiger partial charge in [0.15, 0.2) is 0 Å². The number of imide groups is 2. The Morgan fingerprint density at radius 3 is 2.36 bits per heavy atom. The molecule has 6 heterocycles. The third-order valence-electron chi connectivity index (χ3n) is 11.0. The number of aryl methyl sites for hydroxylation is 1. The number of nitrogens with one attached hydrogen (secondary N) is 1. The van der Waals surface area contributed by atoms with Crippen molar-refractivity contribution in [2.24, 2.45) is 7.05 Å². The summed E-state index contributed by atoms with van der Waals surface area (Å²) >= 11 is 0. The fourth-order valence-corrected chi connectivity index (χ4v) is 7.84. The second kappa shape index (κ2) is 16.6. The number of fused-ring (bicyclic) bond motifs is 4. The van der Waals surface area contributed by atoms with Gasteiger partial charge in [0.1, 0.15) is 17.9 Å². The summed E-state index contributed by atoms with van der Waals surface area (Å²) in [6.45, 7) is 4.75. The number of rotatable bonds is 17. The molecule has 0 bridgehead atoms. The first-order valence-corrected chi connectivity index (χ1v) is 19.6. The number of benzene rings is 2. The summed E-state index contributed by atoms with van der Waals surface area (Å²) in [5, 5.41) is 4.57. The van der Waals surface area contributed by atoms with E-state index in [4.69, 9.17) is 14.2 Å². The minimum Gasteiger partial charge on any atom is -0.488 e. The zero-order valence-electron chi connectivity index (χ0n) is 31.6. The number of likely N-dealkylation sites (tertiary alicyclic amines) is 1. The first kappa shape index (κ1) is 37.3. The fraction of sp³-hybridized carbons (Fsp3) is 0.395. The van der Waals surface area contributed by atoms with Crippen molar-refractivity contribution in [1.29, 1.82) is 0 Å². The Morgan fingerprint density at radius 1 is 0.768 bits per heavy atom. The predicted molar refractivity (Wildman–Crippen MR) is 209 cm³/mol. The van der Waals surface area contributed by atoms with Crippen LogP contribution in [0.1, 0.15) is 72.1 Å². The quantitative estimate of drug-likeness (QED) is 0.0928. The summed E-state index contributed by atoms with van der Waals surface area (Å²) in [6.07, 6.45) is 12.1. The molecule has 13 nitrogen and oxygen atoms in total. The Hall–Kier alpha value is -5.66. The van der Waals surface area contributed by atoms with Gasteiger partial charge in [-0.15, -0.1) is 0 Å². The van der Waals surface area contributed by atoms with Crippen LogP contribution in [0.25, 0.3) is 32.9 Å². The lowest BCUT2D eigenvalue weighted by molar-refractivity contribution is -0.136. The van der Waals surface area contributed by atoms with E-state index in [1.807, 2.05) is 30.7 Å². The monoisotopic (exact) mass is 758 g/mol. The molecule has 13 heteroatoms. The lowest BCUT2D eigenvalue weighted by Crippen LogP contribution is -2.54. The van der Waals surface area contributed by atoms with Crippen molar-refractivity contribution >= 4 is 45.4 Å². The molecule has 2 fully saturated rings. The Labute approximate surface area is 324 Å². The standard InChI is InChI=1S/C43H46N6O7/c1-47-36-16-17-44-25-35(36)32-11-8-28(22-38(32)47)29-9-15-40(45-24-29)55-21-7-3-6-20-54-19-5-2-4-18-48-26-31(27-48)56-30-10-12-33-34(23-30)43(53)49(42(33)52)37-13-14-39(50)46-41(37)51/h8-12,15-17,22-25,31,37H,2-7,13-14,18-21,26-27H2,1H3,(H,46,50,51). The first-order chi connectivity index (χ1) is 27.3. The van der Waals surface area contributed by atoms with E-state index in [2.05, 4.69) is 56.1 Å². The van der Waals surface area contributed by atoms with Crippen LogP contribution in [-0.2, 0) is 21.4 Å². The third kappa shape index (κ3) is 7.87. The highest BCUT2D eigenvalue weighted by atomic mass is 16.5. The normalized spacial score (nSPS) is 17.4. The van der Waals surface area contributed by atoms with Gasteiger partial charge in [-0.25, -0.2) is 4.98 Å². The highest BCUT2D eigenvalue weighted by Crippen LogP contribution is 2.33. The van der Waals surface area contributed by atoms with Crippen molar-refractivity contribution in [2.45, 2.75) is 63.5 Å². The number of carbonyl (C=O) groups excluding carboxylic acids is 4. The Bertz CT molecular complexity index is 2260. The smallest absolute Gasteiger partial charge is 0.262 e. The number of carbonyl (C=O) groups is 4. The number of aromatic nitrogens is 3. The first-order valence-electron chi connectivity index (χ1n) is 19.6. The highest BCUT2D eigenvalue weighted by Gasteiger charge is 2.45. The van der Waals surface area contributed by atoms with Gasteiger partial charge in [0, 0.05) is 86.3 Å². The Morgan fingerprint density at radius 2 is 1.55 bits per heavy atom. The molecule has 1 unspecified atom stereocenters. The van der Waals surface area contributed by atoms with Crippen LogP contribution >= 0.6 is 0 Å². The summed E-state index contributed by atoms with van der Waals surface area (Å²) in [6, 6.07) is 16.4. The number of hydrogen-bond donors (Lipinski definition) is 1. The van der Waals surface area contributed by atoms with E-state index in [-0.39, 0.29) is 30.1 Å². The number of hydrogen-bond acceptors (Lipinski definition) is 10. The lowest BCUT2D eigenvalue weighted by atomic mass is 10.0. The molecule has 3 aliphatic heterocycles. The SMILES string of the molecule is Cn1c2ccncc2c2ccc(-c3ccc(OCCCCCOCCCCCN4CC(Oc5ccc6c(c5)C(=O)N(C5CCC(=O)NC5=O)C6=O)C4)nc3)cc21. The molecule has 1 N–H and O–H groups in total. The van der Waals surface area contributed by atoms with Gasteiger partial charge in [-0.1, -0.05) is 12.1 Å². The van der Waals surface area contributed by atoms with Crippen LogP contribution in [0, 0.1) is 0 Å². The number of unbranched alkanes of at least 4 members (excludes halogenated alkanes) is 4. The molecule has 1 atom stereocenters. The van der Waals surface area contributed by atoms with Crippen LogP contribution in [0.15, 0.2) is 73.2 Å². The maximum atomic E-state index is 13.1. The van der Waals surface area contributed by atoms with Crippen molar-refractivity contribution in [3.05, 3.63) is 84.3 Å². The van der Waals surface area contributed by atoms with E-state index in [1.165, 1.54) is 16.4 Å². The largest absolute Gasteiger partial charge is 0.488 e. The van der Waals surface area contributed by atoms with Crippen LogP contribution in [0.2, 0.25) is 0 Å². The van der Waals surface area contributed by atoms with E-state index in [1.54, 1.807) is 18.2 Å². The maximum Gasteiger partial charge on any atom is 0.262 e. The highest BCUT2D eigenvalue weighted by molar-refractivity contribution is 6.23. The van der Waals surface area contributed by atoms with Gasteiger partial charge in [0.2, 0.25) is 17.7 Å². The zero-order valence-corrected chi connectivity index (χ0v) is 31.6. The molecule has 2 saturated heterocycles. The molecule has 3 aliphatic rings. The summed E-state index contributed by atoms with van der Waals surface area (Å²) in [4.78, 5) is 62.0. The molecule has 8 rings (SSSR count). The second-order valence-electron chi connectivity index (χ2n) is 14.8. The van der Waals surface area contributed by atoms with Gasteiger partial charge in [-0.05, 0) is 93.5 Å². The summed E-state index contributed by atoms with van der Waals surface area (Å²) in [5.41, 5.74) is 4.98. The number of piperidine rings is 1. The molecule has 4 amide bonds. The molecule has 5 aromatic rings. The van der Waals surface area contributed by atoms with Crippen LogP contribution in [-0.4, -0.2) is 99.6 Å². The fourth-order valence-electron chi connectivity index (χ4n) is 7.84. The molecule has 3 aromatic heterocycles. The number of nitrogens with zero attached hydrogens (tertiary/aromatic N) is 5. The molecule has 0 aliphatic carbocycles. The Balaban J connectivity index is 0.651. The maximum absolute atomic E-state index is 13.1. The average molecular weight is 759 g/mol. The minimum absolute atomic E-state index is 0.0122. The summed E-state index contributed by atoms with van der Waals surface area (Å²) < 4.78 is 20.1. The van der Waals surface area contributed by atoms with Gasteiger partial charge < -0.3 is 18.8 Å². The summed E-state index contributed by atoms with van der Waals surface area (Å²) in [7, 11) is 2.09. The lowest BCUT2D eigenvalue weighted by Gasteiger charge is -2.39. The van der Waals surface area contributed by atoms with Crippen molar-refractivity contribution < 1.29 is 33.4 Å². The molecular weight excluding hydrogens is 713 g/mol. The van der Waals surface area contributed by atoms with Gasteiger partial charge in [0.25, 0.3) is 11.8 Å². The number of amides is 4. The van der Waals surface area contributed by atoms with Gasteiger partial charge in [-0.3, -0.25) is 39.3 Å².